The summed E-state index contributed by atoms with van der Waals surface area (Å²) in [5.74, 6) is -4.48. The number of rotatable bonds is 8. The number of carbonyl (C=O) groups excluding carboxylic acids is 3. The molecular formula is C27H28F3N3O7S2. The van der Waals surface area contributed by atoms with E-state index in [2.05, 4.69) is 15.0 Å². The van der Waals surface area contributed by atoms with Crippen molar-refractivity contribution in [2.45, 2.75) is 41.4 Å². The van der Waals surface area contributed by atoms with Gasteiger partial charge in [0.2, 0.25) is 10.0 Å². The van der Waals surface area contributed by atoms with Crippen molar-refractivity contribution >= 4 is 45.4 Å². The Kier molecular flexibility index (Phi) is 8.83. The van der Waals surface area contributed by atoms with Gasteiger partial charge in [-0.25, -0.2) is 22.8 Å². The number of thioether (sulfide) groups is 1. The number of anilines is 1. The average molecular weight is 628 g/mol. The Bertz CT molecular complexity index is 1430. The van der Waals surface area contributed by atoms with E-state index in [0.29, 0.717) is 16.4 Å². The predicted molar refractivity (Wildman–Crippen MR) is 146 cm³/mol. The lowest BCUT2D eigenvalue weighted by molar-refractivity contribution is -0.202. The fraction of sp³-hybridized carbons (Fsp3) is 0.444. The van der Waals surface area contributed by atoms with Gasteiger partial charge in [0.1, 0.15) is 6.10 Å². The van der Waals surface area contributed by atoms with Gasteiger partial charge >= 0.3 is 24.1 Å². The molecule has 2 bridgehead atoms. The van der Waals surface area contributed by atoms with Crippen LogP contribution in [0.15, 0.2) is 59.5 Å². The minimum Gasteiger partial charge on any atom is -0.459 e. The summed E-state index contributed by atoms with van der Waals surface area (Å²) in [6, 6.07) is 13.4. The van der Waals surface area contributed by atoms with E-state index in [4.69, 9.17) is 4.74 Å². The van der Waals surface area contributed by atoms with Gasteiger partial charge in [0.25, 0.3) is 0 Å². The van der Waals surface area contributed by atoms with E-state index in [0.717, 1.165) is 37.7 Å². The summed E-state index contributed by atoms with van der Waals surface area (Å²) in [5, 5.41) is 1.40. The number of hydrogen-bond donors (Lipinski definition) is 1. The summed E-state index contributed by atoms with van der Waals surface area (Å²) in [6.45, 7) is 2.43. The molecular weight excluding hydrogens is 599 g/mol. The number of alkyl halides is 3. The largest absolute Gasteiger partial charge is 0.491 e. The molecule has 226 valence electrons. The highest BCUT2D eigenvalue weighted by molar-refractivity contribution is 8.02. The van der Waals surface area contributed by atoms with Crippen molar-refractivity contribution in [1.82, 2.24) is 9.21 Å². The van der Waals surface area contributed by atoms with Crippen LogP contribution >= 0.6 is 11.8 Å². The summed E-state index contributed by atoms with van der Waals surface area (Å²) in [4.78, 5) is 38.9. The number of hydrogen-bond acceptors (Lipinski definition) is 10. The molecule has 0 amide bonds. The summed E-state index contributed by atoms with van der Waals surface area (Å²) >= 11 is 0.743. The van der Waals surface area contributed by atoms with E-state index in [1.54, 1.807) is 36.4 Å². The van der Waals surface area contributed by atoms with Crippen molar-refractivity contribution in [2.75, 3.05) is 37.2 Å². The molecule has 15 heteroatoms. The van der Waals surface area contributed by atoms with Crippen molar-refractivity contribution in [3.05, 3.63) is 60.2 Å². The molecule has 3 atom stereocenters. The van der Waals surface area contributed by atoms with Gasteiger partial charge in [0.15, 0.2) is 11.4 Å². The summed E-state index contributed by atoms with van der Waals surface area (Å²) in [5.41, 5.74) is 0.860. The van der Waals surface area contributed by atoms with E-state index in [1.165, 1.54) is 18.2 Å². The number of esters is 3. The number of piperidine rings is 3. The molecule has 4 heterocycles. The first-order valence-corrected chi connectivity index (χ1v) is 15.7. The van der Waals surface area contributed by atoms with Crippen molar-refractivity contribution in [3.8, 4) is 0 Å². The minimum absolute atomic E-state index is 0.0959. The molecule has 10 nitrogen and oxygen atoms in total. The second kappa shape index (κ2) is 12.2. The van der Waals surface area contributed by atoms with Gasteiger partial charge in [-0.1, -0.05) is 36.4 Å². The third-order valence-corrected chi connectivity index (χ3v) is 10.6. The predicted octanol–water partition coefficient (Wildman–Crippen LogP) is 3.17. The van der Waals surface area contributed by atoms with Gasteiger partial charge in [0, 0.05) is 24.5 Å². The molecule has 4 saturated heterocycles. The molecule has 1 N–H and O–H groups in total. The lowest BCUT2D eigenvalue weighted by Gasteiger charge is -2.44. The normalized spacial score (nSPS) is 25.0. The molecule has 0 aromatic heterocycles. The van der Waals surface area contributed by atoms with Crippen LogP contribution < -0.4 is 5.32 Å². The maximum Gasteiger partial charge on any atom is 0.491 e. The van der Waals surface area contributed by atoms with Crippen LogP contribution in [0.4, 0.5) is 18.9 Å². The van der Waals surface area contributed by atoms with E-state index < -0.39 is 45.5 Å². The first-order valence-electron chi connectivity index (χ1n) is 13.2. The standard InChI is InChI=1S/C27H28F3N3O7S2/c28-27(29,30)26(36)40-25(35)23-33(13-14-41-23)42(37,38)20-8-4-7-19(15-20)31-22(18-5-2-1-3-6-18)24(34)39-21-16-32-11-9-17(21)10-12-32/h1-8,15,17,21-23,31H,9-14,16H2/t21-,22?,23-/m0/s1. The van der Waals surface area contributed by atoms with E-state index >= 15 is 0 Å². The van der Waals surface area contributed by atoms with E-state index in [9.17, 15) is 36.0 Å². The molecule has 0 spiro atoms. The Labute approximate surface area is 244 Å². The van der Waals surface area contributed by atoms with Crippen LogP contribution in [-0.2, 0) is 33.9 Å². The van der Waals surface area contributed by atoms with Gasteiger partial charge in [0.05, 0.1) is 4.90 Å². The molecule has 42 heavy (non-hydrogen) atoms. The Balaban J connectivity index is 1.35. The third-order valence-electron chi connectivity index (χ3n) is 7.46. The zero-order valence-corrected chi connectivity index (χ0v) is 23.8. The highest BCUT2D eigenvalue weighted by atomic mass is 32.2. The smallest absolute Gasteiger partial charge is 0.459 e. The van der Waals surface area contributed by atoms with Crippen molar-refractivity contribution in [3.63, 3.8) is 0 Å². The van der Waals surface area contributed by atoms with Gasteiger partial charge < -0.3 is 14.8 Å². The quantitative estimate of drug-likeness (QED) is 0.345. The monoisotopic (exact) mass is 627 g/mol. The Morgan fingerprint density at radius 3 is 2.36 bits per heavy atom. The maximum absolute atomic E-state index is 13.5. The van der Waals surface area contributed by atoms with E-state index in [1.807, 2.05) is 0 Å². The number of carbonyl (C=O) groups is 3. The second-order valence-corrected chi connectivity index (χ2v) is 13.3. The van der Waals surface area contributed by atoms with Gasteiger partial charge in [-0.15, -0.1) is 11.8 Å². The lowest BCUT2D eigenvalue weighted by Crippen LogP contribution is -2.52. The minimum atomic E-state index is -5.41. The van der Waals surface area contributed by atoms with Crippen LogP contribution in [0.3, 0.4) is 0 Å². The third kappa shape index (κ3) is 6.58. The summed E-state index contributed by atoms with van der Waals surface area (Å²) < 4.78 is 75.3. The summed E-state index contributed by atoms with van der Waals surface area (Å²) in [6.07, 6.45) is -3.75. The highest BCUT2D eigenvalue weighted by Crippen LogP contribution is 2.34. The molecule has 2 aromatic rings. The zero-order valence-electron chi connectivity index (χ0n) is 22.2. The molecule has 0 saturated carbocycles. The van der Waals surface area contributed by atoms with E-state index in [-0.39, 0.29) is 34.9 Å². The number of fused-ring (bicyclic) bond motifs is 3. The number of benzene rings is 2. The molecule has 6 rings (SSSR count). The molecule has 1 unspecified atom stereocenters. The number of ether oxygens (including phenoxy) is 2. The van der Waals surface area contributed by atoms with Crippen LogP contribution in [0, 0.1) is 5.92 Å². The highest BCUT2D eigenvalue weighted by Gasteiger charge is 2.47. The summed E-state index contributed by atoms with van der Waals surface area (Å²) in [7, 11) is -4.42. The molecule has 0 aliphatic carbocycles. The Morgan fingerprint density at radius 2 is 1.71 bits per heavy atom. The van der Waals surface area contributed by atoms with Crippen molar-refractivity contribution < 1.29 is 45.4 Å². The molecule has 4 aliphatic rings. The molecule has 2 aromatic carbocycles. The van der Waals surface area contributed by atoms with Gasteiger partial charge in [-0.3, -0.25) is 4.90 Å². The fourth-order valence-electron chi connectivity index (χ4n) is 5.32. The van der Waals surface area contributed by atoms with Crippen LogP contribution in [-0.4, -0.2) is 85.1 Å². The zero-order chi connectivity index (χ0) is 30.1. The van der Waals surface area contributed by atoms with Crippen molar-refractivity contribution in [2.24, 2.45) is 5.92 Å². The van der Waals surface area contributed by atoms with Gasteiger partial charge in [-0.05, 0) is 55.6 Å². The molecule has 0 radical (unpaired) electrons. The van der Waals surface area contributed by atoms with Crippen molar-refractivity contribution in [1.29, 1.82) is 0 Å². The molecule has 4 aliphatic heterocycles. The van der Waals surface area contributed by atoms with Crippen LogP contribution in [0.2, 0.25) is 0 Å². The van der Waals surface area contributed by atoms with Crippen LogP contribution in [0.5, 0.6) is 0 Å². The Morgan fingerprint density at radius 1 is 1.00 bits per heavy atom. The first-order chi connectivity index (χ1) is 19.9. The topological polar surface area (TPSA) is 122 Å². The number of nitrogens with zero attached hydrogens (tertiary/aromatic N) is 2. The average Bonchev–Trinajstić information content (AvgIpc) is 3.48. The van der Waals surface area contributed by atoms with Crippen LogP contribution in [0.1, 0.15) is 24.4 Å². The SMILES string of the molecule is O=C(O[C@H]1CN2CCC1CC2)C(Nc1cccc(S(=O)(=O)N2CCS[C@H]2C(=O)OC(=O)C(F)(F)F)c1)c1ccccc1. The maximum atomic E-state index is 13.5. The van der Waals surface area contributed by atoms with Gasteiger partial charge in [-0.2, -0.15) is 17.5 Å². The molecule has 4 fully saturated rings. The fourth-order valence-corrected chi connectivity index (χ4v) is 8.41. The Hall–Kier alpha value is -3.14. The number of halogens is 3. The van der Waals surface area contributed by atoms with Crippen LogP contribution in [0.25, 0.3) is 0 Å². The first kappa shape index (κ1) is 30.3. The second-order valence-electron chi connectivity index (χ2n) is 10.2. The number of nitrogens with one attached hydrogen (secondary N) is 1. The lowest BCUT2D eigenvalue weighted by atomic mass is 9.86. The number of sulfonamides is 1.